The highest BCUT2D eigenvalue weighted by atomic mass is 32.2. The van der Waals surface area contributed by atoms with Crippen molar-refractivity contribution in [2.45, 2.75) is 24.1 Å². The number of hydrogen-bond donors (Lipinski definition) is 2. The number of benzene rings is 2. The summed E-state index contributed by atoms with van der Waals surface area (Å²) in [6.07, 6.45) is 0. The van der Waals surface area contributed by atoms with E-state index >= 15 is 0 Å². The van der Waals surface area contributed by atoms with Crippen molar-refractivity contribution in [3.8, 4) is 16.9 Å². The lowest BCUT2D eigenvalue weighted by Crippen LogP contribution is -2.42. The Labute approximate surface area is 173 Å². The second-order valence-corrected chi connectivity index (χ2v) is 8.05. The third-order valence-electron chi connectivity index (χ3n) is 4.44. The number of nitrogens with one attached hydrogen (secondary N) is 1. The topological polar surface area (TPSA) is 94.3 Å². The molecule has 1 unspecified atom stereocenters. The van der Waals surface area contributed by atoms with Gasteiger partial charge < -0.3 is 10.5 Å². The predicted octanol–water partition coefficient (Wildman–Crippen LogP) is 4.22. The van der Waals surface area contributed by atoms with E-state index in [0.29, 0.717) is 10.8 Å². The Morgan fingerprint density at radius 3 is 2.45 bits per heavy atom. The third kappa shape index (κ3) is 4.86. The highest BCUT2D eigenvalue weighted by Gasteiger charge is 2.25. The van der Waals surface area contributed by atoms with E-state index in [9.17, 15) is 9.59 Å². The number of aromatic nitrogens is 1. The van der Waals surface area contributed by atoms with Gasteiger partial charge in [-0.25, -0.2) is 9.78 Å². The Morgan fingerprint density at radius 2 is 1.83 bits per heavy atom. The highest BCUT2D eigenvalue weighted by molar-refractivity contribution is 8.00. The largest absolute Gasteiger partial charge is 0.497 e. The third-order valence-corrected chi connectivity index (χ3v) is 5.90. The van der Waals surface area contributed by atoms with Gasteiger partial charge in [0.25, 0.3) is 0 Å². The summed E-state index contributed by atoms with van der Waals surface area (Å²) >= 11 is 1.31. The molecule has 0 saturated carbocycles. The number of carbonyl (C=O) groups is 2. The molecule has 2 aromatic carbocycles. The fourth-order valence-electron chi connectivity index (χ4n) is 3.04. The van der Waals surface area contributed by atoms with E-state index in [4.69, 9.17) is 15.5 Å². The van der Waals surface area contributed by atoms with Crippen LogP contribution in [0.2, 0.25) is 0 Å². The van der Waals surface area contributed by atoms with Crippen molar-refractivity contribution in [2.24, 2.45) is 11.7 Å². The van der Waals surface area contributed by atoms with Crippen molar-refractivity contribution in [2.75, 3.05) is 7.11 Å². The summed E-state index contributed by atoms with van der Waals surface area (Å²) in [5, 5.41) is 3.34. The Morgan fingerprint density at radius 1 is 1.10 bits per heavy atom. The van der Waals surface area contributed by atoms with E-state index in [0.717, 1.165) is 22.0 Å². The van der Waals surface area contributed by atoms with Crippen LogP contribution in [0.15, 0.2) is 59.6 Å². The zero-order valence-electron chi connectivity index (χ0n) is 16.5. The van der Waals surface area contributed by atoms with Crippen LogP contribution >= 0.6 is 11.8 Å². The van der Waals surface area contributed by atoms with Crippen molar-refractivity contribution in [1.82, 2.24) is 10.3 Å². The Kier molecular flexibility index (Phi) is 6.39. The van der Waals surface area contributed by atoms with Gasteiger partial charge in [-0.15, -0.1) is 0 Å². The van der Waals surface area contributed by atoms with Gasteiger partial charge in [0, 0.05) is 11.5 Å². The first kappa shape index (κ1) is 20.7. The van der Waals surface area contributed by atoms with Crippen LogP contribution in [-0.2, 0) is 4.79 Å². The SMILES string of the molecule is COc1ccc2c(-c3ccccc3)cc(SC(C(=O)NC(N)=O)C(C)C)nc2c1. The van der Waals surface area contributed by atoms with E-state index < -0.39 is 17.2 Å². The van der Waals surface area contributed by atoms with Crippen molar-refractivity contribution < 1.29 is 14.3 Å². The molecular formula is C22H23N3O3S. The average Bonchev–Trinajstić information content (AvgIpc) is 2.70. The quantitative estimate of drug-likeness (QED) is 0.595. The molecule has 0 fully saturated rings. The minimum absolute atomic E-state index is 0.0256. The van der Waals surface area contributed by atoms with Gasteiger partial charge in [0.2, 0.25) is 5.91 Å². The number of amides is 3. The van der Waals surface area contributed by atoms with Crippen LogP contribution in [-0.4, -0.2) is 29.3 Å². The summed E-state index contributed by atoms with van der Waals surface area (Å²) in [6, 6.07) is 16.9. The van der Waals surface area contributed by atoms with Gasteiger partial charge in [-0.1, -0.05) is 55.9 Å². The fourth-order valence-corrected chi connectivity index (χ4v) is 4.08. The predicted molar refractivity (Wildman–Crippen MR) is 116 cm³/mol. The van der Waals surface area contributed by atoms with Crippen molar-refractivity contribution in [3.05, 3.63) is 54.6 Å². The Hall–Kier alpha value is -3.06. The molecule has 150 valence electrons. The minimum atomic E-state index is -0.859. The van der Waals surface area contributed by atoms with E-state index in [1.807, 2.05) is 68.4 Å². The number of urea groups is 1. The van der Waals surface area contributed by atoms with E-state index in [-0.39, 0.29) is 5.92 Å². The van der Waals surface area contributed by atoms with Crippen molar-refractivity contribution >= 4 is 34.6 Å². The summed E-state index contributed by atoms with van der Waals surface area (Å²) < 4.78 is 5.35. The number of carbonyl (C=O) groups excluding carboxylic acids is 2. The van der Waals surface area contributed by atoms with Gasteiger partial charge in [0.05, 0.1) is 22.9 Å². The molecule has 3 amide bonds. The summed E-state index contributed by atoms with van der Waals surface area (Å²) in [5.74, 6) is 0.256. The maximum atomic E-state index is 12.4. The van der Waals surface area contributed by atoms with Crippen LogP contribution in [0, 0.1) is 5.92 Å². The molecule has 0 aliphatic carbocycles. The standard InChI is InChI=1S/C22H23N3O3S/c1-13(2)20(21(26)25-22(23)27)29-19-12-17(14-7-5-4-6-8-14)16-10-9-15(28-3)11-18(16)24-19/h4-13,20H,1-3H3,(H3,23,25,26,27). The summed E-state index contributed by atoms with van der Waals surface area (Å²) in [6.45, 7) is 3.83. The molecule has 0 bridgehead atoms. The molecule has 3 aromatic rings. The van der Waals surface area contributed by atoms with Crippen LogP contribution in [0.5, 0.6) is 5.75 Å². The zero-order chi connectivity index (χ0) is 21.0. The van der Waals surface area contributed by atoms with Crippen LogP contribution in [0.25, 0.3) is 22.0 Å². The van der Waals surface area contributed by atoms with Crippen molar-refractivity contribution in [1.29, 1.82) is 0 Å². The number of primary amides is 1. The molecule has 0 spiro atoms. The van der Waals surface area contributed by atoms with Gasteiger partial charge in [-0.2, -0.15) is 0 Å². The number of nitrogens with two attached hydrogens (primary N) is 1. The minimum Gasteiger partial charge on any atom is -0.497 e. The first-order valence-electron chi connectivity index (χ1n) is 9.20. The lowest BCUT2D eigenvalue weighted by molar-refractivity contribution is -0.120. The molecule has 1 heterocycles. The number of methoxy groups -OCH3 is 1. The molecule has 0 aliphatic heterocycles. The second kappa shape index (κ2) is 8.96. The molecule has 0 saturated heterocycles. The van der Waals surface area contributed by atoms with E-state index in [1.54, 1.807) is 7.11 Å². The number of ether oxygens (including phenoxy) is 1. The van der Waals surface area contributed by atoms with Crippen LogP contribution in [0.4, 0.5) is 4.79 Å². The maximum Gasteiger partial charge on any atom is 0.318 e. The highest BCUT2D eigenvalue weighted by Crippen LogP contribution is 2.35. The number of fused-ring (bicyclic) bond motifs is 1. The Bertz CT molecular complexity index is 1040. The monoisotopic (exact) mass is 409 g/mol. The van der Waals surface area contributed by atoms with Gasteiger partial charge in [0.15, 0.2) is 0 Å². The van der Waals surface area contributed by atoms with Crippen LogP contribution in [0.1, 0.15) is 13.8 Å². The lowest BCUT2D eigenvalue weighted by atomic mass is 10.0. The van der Waals surface area contributed by atoms with Crippen LogP contribution in [0.3, 0.4) is 0 Å². The molecule has 0 radical (unpaired) electrons. The number of rotatable bonds is 6. The first-order valence-corrected chi connectivity index (χ1v) is 10.1. The molecule has 29 heavy (non-hydrogen) atoms. The van der Waals surface area contributed by atoms with E-state index in [1.165, 1.54) is 11.8 Å². The second-order valence-electron chi connectivity index (χ2n) is 6.89. The molecule has 7 heteroatoms. The first-order chi connectivity index (χ1) is 13.9. The zero-order valence-corrected chi connectivity index (χ0v) is 17.3. The maximum absolute atomic E-state index is 12.4. The number of hydrogen-bond acceptors (Lipinski definition) is 5. The van der Waals surface area contributed by atoms with E-state index in [2.05, 4.69) is 5.32 Å². The molecule has 1 aromatic heterocycles. The van der Waals surface area contributed by atoms with Crippen LogP contribution < -0.4 is 15.8 Å². The molecule has 3 rings (SSSR count). The summed E-state index contributed by atoms with van der Waals surface area (Å²) in [4.78, 5) is 28.3. The molecular weight excluding hydrogens is 386 g/mol. The summed E-state index contributed by atoms with van der Waals surface area (Å²) in [5.41, 5.74) is 7.95. The van der Waals surface area contributed by atoms with Gasteiger partial charge in [0.1, 0.15) is 5.75 Å². The van der Waals surface area contributed by atoms with Gasteiger partial charge in [-0.3, -0.25) is 10.1 Å². The number of thioether (sulfide) groups is 1. The van der Waals surface area contributed by atoms with Gasteiger partial charge in [-0.05, 0) is 35.2 Å². The number of pyridine rings is 1. The smallest absolute Gasteiger partial charge is 0.318 e. The summed E-state index contributed by atoms with van der Waals surface area (Å²) in [7, 11) is 1.61. The number of imide groups is 1. The lowest BCUT2D eigenvalue weighted by Gasteiger charge is -2.19. The fraction of sp³-hybridized carbons (Fsp3) is 0.227. The molecule has 3 N–H and O–H groups in total. The normalized spacial score (nSPS) is 12.0. The Balaban J connectivity index is 2.09. The average molecular weight is 410 g/mol. The van der Waals surface area contributed by atoms with Gasteiger partial charge >= 0.3 is 6.03 Å². The molecule has 1 atom stereocenters. The number of nitrogens with zero attached hydrogens (tertiary/aromatic N) is 1. The molecule has 6 nitrogen and oxygen atoms in total. The molecule has 0 aliphatic rings. The van der Waals surface area contributed by atoms with Crippen molar-refractivity contribution in [3.63, 3.8) is 0 Å².